The van der Waals surface area contributed by atoms with Crippen molar-refractivity contribution >= 4 is 37.0 Å². The molecule has 10 nitrogen and oxygen atoms in total. The summed E-state index contributed by atoms with van der Waals surface area (Å²) in [6.45, 7) is -0.0652. The monoisotopic (exact) mass is 688 g/mol. The number of ether oxygens (including phenoxy) is 1. The van der Waals surface area contributed by atoms with Gasteiger partial charge in [-0.15, -0.1) is 0 Å². The van der Waals surface area contributed by atoms with Crippen molar-refractivity contribution in [1.82, 2.24) is 29.2 Å². The number of hydrogen-bond acceptors (Lipinski definition) is 8. The van der Waals surface area contributed by atoms with E-state index < -0.39 is 40.1 Å². The number of sulfonamides is 1. The summed E-state index contributed by atoms with van der Waals surface area (Å²) in [5.74, 6) is -0.347. The van der Waals surface area contributed by atoms with Crippen LogP contribution in [0.1, 0.15) is 49.6 Å². The molecule has 2 aromatic carbocycles. The van der Waals surface area contributed by atoms with Gasteiger partial charge < -0.3 is 14.4 Å². The average molecular weight is 690 g/mol. The molecule has 1 aliphatic heterocycles. The summed E-state index contributed by atoms with van der Waals surface area (Å²) in [6.07, 6.45) is 5.49. The average Bonchev–Trinajstić information content (AvgIpc) is 3.49. The molecule has 0 saturated heterocycles. The Labute approximate surface area is 258 Å². The van der Waals surface area contributed by atoms with Crippen molar-refractivity contribution in [3.8, 4) is 16.9 Å². The van der Waals surface area contributed by atoms with Crippen LogP contribution in [0, 0.1) is 5.82 Å². The van der Waals surface area contributed by atoms with Crippen LogP contribution >= 0.6 is 15.9 Å². The lowest BCUT2D eigenvalue weighted by Gasteiger charge is -2.21. The quantitative estimate of drug-likeness (QED) is 0.214. The van der Waals surface area contributed by atoms with Crippen LogP contribution in [0.15, 0.2) is 76.6 Å². The Bertz CT molecular complexity index is 1970. The van der Waals surface area contributed by atoms with Crippen LogP contribution in [0.4, 0.5) is 13.2 Å². The first-order valence-electron chi connectivity index (χ1n) is 13.3. The number of pyridine rings is 1. The number of benzene rings is 2. The van der Waals surface area contributed by atoms with Crippen molar-refractivity contribution in [3.63, 3.8) is 0 Å². The van der Waals surface area contributed by atoms with Crippen molar-refractivity contribution in [1.29, 1.82) is 0 Å². The molecule has 4 heterocycles. The standard InChI is InChI=1S/C29H24BrF3N6O4S/c1-29(2,40)27-35-12-15(13-36-27)17-9-22-20(10-19(17)31)37-26-21(38-44(41,42)16-5-4-8-34-14-16)11-23(39(22)26)25-18(30)6-3-7-24(25)43-28(32)33/h3-10,12-14,21,23,28,38,40H,11H2,1-2H3/t21-,23-/m1/s1. The zero-order valence-corrected chi connectivity index (χ0v) is 25.5. The lowest BCUT2D eigenvalue weighted by atomic mass is 10.0. The fourth-order valence-corrected chi connectivity index (χ4v) is 7.08. The molecule has 1 aliphatic rings. The minimum atomic E-state index is -4.08. The Morgan fingerprint density at radius 2 is 1.89 bits per heavy atom. The maximum absolute atomic E-state index is 15.5. The molecule has 2 atom stereocenters. The van der Waals surface area contributed by atoms with Crippen molar-refractivity contribution in [2.24, 2.45) is 0 Å². The first kappa shape index (κ1) is 30.1. The third-order valence-corrected chi connectivity index (χ3v) is 9.35. The number of hydrogen-bond donors (Lipinski definition) is 2. The predicted molar refractivity (Wildman–Crippen MR) is 157 cm³/mol. The van der Waals surface area contributed by atoms with Crippen LogP contribution in [0.2, 0.25) is 0 Å². The van der Waals surface area contributed by atoms with Gasteiger partial charge in [0.1, 0.15) is 27.9 Å². The topological polar surface area (TPSA) is 132 Å². The van der Waals surface area contributed by atoms with E-state index in [9.17, 15) is 22.3 Å². The molecule has 0 bridgehead atoms. The van der Waals surface area contributed by atoms with E-state index in [4.69, 9.17) is 4.74 Å². The van der Waals surface area contributed by atoms with Gasteiger partial charge in [0.05, 0.1) is 23.1 Å². The molecule has 2 N–H and O–H groups in total. The summed E-state index contributed by atoms with van der Waals surface area (Å²) in [4.78, 5) is 16.8. The van der Waals surface area contributed by atoms with Gasteiger partial charge in [-0.05, 0) is 50.6 Å². The van der Waals surface area contributed by atoms with E-state index in [1.165, 1.54) is 69.0 Å². The fourth-order valence-electron chi connectivity index (χ4n) is 5.29. The molecule has 6 rings (SSSR count). The molecule has 0 fully saturated rings. The van der Waals surface area contributed by atoms with Crippen molar-refractivity contribution in [2.45, 2.75) is 49.5 Å². The summed E-state index contributed by atoms with van der Waals surface area (Å²) < 4.78 is 78.7. The zero-order chi connectivity index (χ0) is 31.4. The number of fused-ring (bicyclic) bond motifs is 3. The first-order chi connectivity index (χ1) is 20.8. The van der Waals surface area contributed by atoms with E-state index >= 15 is 4.39 Å². The van der Waals surface area contributed by atoms with Crippen molar-refractivity contribution in [3.05, 3.63) is 94.8 Å². The Hall–Kier alpha value is -3.92. The highest BCUT2D eigenvalue weighted by Crippen LogP contribution is 2.47. The third-order valence-electron chi connectivity index (χ3n) is 7.20. The van der Waals surface area contributed by atoms with Crippen molar-refractivity contribution < 1.29 is 31.4 Å². The molecule has 0 radical (unpaired) electrons. The van der Waals surface area contributed by atoms with Crippen LogP contribution < -0.4 is 9.46 Å². The normalized spacial score (nSPS) is 16.9. The molecule has 0 amide bonds. The van der Waals surface area contributed by atoms with E-state index in [1.807, 2.05) is 0 Å². The second kappa shape index (κ2) is 11.2. The first-order valence-corrected chi connectivity index (χ1v) is 15.5. The summed E-state index contributed by atoms with van der Waals surface area (Å²) in [5.41, 5.74) is 0.0967. The number of halogens is 4. The van der Waals surface area contributed by atoms with Gasteiger partial charge in [0.15, 0.2) is 5.82 Å². The highest BCUT2D eigenvalue weighted by atomic mass is 79.9. The third kappa shape index (κ3) is 5.56. The van der Waals surface area contributed by atoms with E-state index in [2.05, 4.69) is 40.6 Å². The van der Waals surface area contributed by atoms with Gasteiger partial charge in [0.25, 0.3) is 0 Å². The summed E-state index contributed by atoms with van der Waals surface area (Å²) in [7, 11) is -4.08. The SMILES string of the molecule is CC(C)(O)c1ncc(-c2cc3c(cc2F)nc2n3[C@@H](c3c(Br)cccc3OC(F)F)C[C@H]2NS(=O)(=O)c2cccnc2)cn1. The highest BCUT2D eigenvalue weighted by Gasteiger charge is 2.40. The van der Waals surface area contributed by atoms with Gasteiger partial charge in [-0.25, -0.2) is 32.5 Å². The van der Waals surface area contributed by atoms with Crippen LogP contribution in [0.25, 0.3) is 22.2 Å². The van der Waals surface area contributed by atoms with E-state index in [0.717, 1.165) is 0 Å². The number of aliphatic hydroxyl groups is 1. The molecule has 0 unspecified atom stereocenters. The fraction of sp³-hybridized carbons (Fsp3) is 0.241. The molecule has 0 saturated carbocycles. The van der Waals surface area contributed by atoms with Crippen LogP contribution in [-0.2, 0) is 15.6 Å². The maximum atomic E-state index is 15.5. The van der Waals surface area contributed by atoms with Gasteiger partial charge in [0.2, 0.25) is 10.0 Å². The van der Waals surface area contributed by atoms with Crippen molar-refractivity contribution in [2.75, 3.05) is 0 Å². The largest absolute Gasteiger partial charge is 0.434 e. The number of imidazole rings is 1. The lowest BCUT2D eigenvalue weighted by molar-refractivity contribution is -0.0507. The second-order valence-corrected chi connectivity index (χ2v) is 13.2. The smallest absolute Gasteiger partial charge is 0.387 e. The van der Waals surface area contributed by atoms with Gasteiger partial charge in [0, 0.05) is 52.0 Å². The van der Waals surface area contributed by atoms with E-state index in [-0.39, 0.29) is 39.8 Å². The van der Waals surface area contributed by atoms with Crippen LogP contribution in [-0.4, -0.2) is 44.6 Å². The van der Waals surface area contributed by atoms with E-state index in [0.29, 0.717) is 21.1 Å². The number of nitrogens with one attached hydrogen (secondary N) is 1. The minimum absolute atomic E-state index is 0.0726. The summed E-state index contributed by atoms with van der Waals surface area (Å²) in [5, 5.41) is 10.2. The number of nitrogens with zero attached hydrogens (tertiary/aromatic N) is 5. The van der Waals surface area contributed by atoms with Gasteiger partial charge >= 0.3 is 6.61 Å². The summed E-state index contributed by atoms with van der Waals surface area (Å²) in [6, 6.07) is 8.52. The number of aromatic nitrogens is 5. The predicted octanol–water partition coefficient (Wildman–Crippen LogP) is 5.63. The molecule has 0 spiro atoms. The molecule has 228 valence electrons. The lowest BCUT2D eigenvalue weighted by Crippen LogP contribution is -2.28. The zero-order valence-electron chi connectivity index (χ0n) is 23.1. The Morgan fingerprint density at radius 1 is 1.14 bits per heavy atom. The van der Waals surface area contributed by atoms with Crippen LogP contribution in [0.3, 0.4) is 0 Å². The number of rotatable bonds is 8. The van der Waals surface area contributed by atoms with E-state index in [1.54, 1.807) is 16.7 Å². The molecular weight excluding hydrogens is 665 g/mol. The molecular formula is C29H24BrF3N6O4S. The Kier molecular flexibility index (Phi) is 7.68. The number of alkyl halides is 2. The molecule has 5 aromatic rings. The maximum Gasteiger partial charge on any atom is 0.387 e. The Morgan fingerprint density at radius 3 is 2.55 bits per heavy atom. The molecule has 3 aromatic heterocycles. The minimum Gasteiger partial charge on any atom is -0.434 e. The molecule has 0 aliphatic carbocycles. The summed E-state index contributed by atoms with van der Waals surface area (Å²) >= 11 is 3.45. The second-order valence-electron chi connectivity index (χ2n) is 10.7. The highest BCUT2D eigenvalue weighted by molar-refractivity contribution is 9.10. The molecule has 44 heavy (non-hydrogen) atoms. The van der Waals surface area contributed by atoms with Gasteiger partial charge in [-0.1, -0.05) is 22.0 Å². The Balaban J connectivity index is 1.53. The molecule has 15 heteroatoms. The van der Waals surface area contributed by atoms with Gasteiger partial charge in [-0.2, -0.15) is 8.78 Å². The van der Waals surface area contributed by atoms with Crippen LogP contribution in [0.5, 0.6) is 5.75 Å². The van der Waals surface area contributed by atoms with Gasteiger partial charge in [-0.3, -0.25) is 4.98 Å².